The van der Waals surface area contributed by atoms with Crippen molar-refractivity contribution < 1.29 is 9.53 Å². The Kier molecular flexibility index (Phi) is 3.48. The molecule has 19 heavy (non-hydrogen) atoms. The van der Waals surface area contributed by atoms with Crippen LogP contribution in [-0.2, 0) is 11.3 Å². The van der Waals surface area contributed by atoms with Gasteiger partial charge in [0.1, 0.15) is 5.69 Å². The molecule has 1 aromatic heterocycles. The number of pyridine rings is 1. The molecule has 0 aromatic carbocycles. The first kappa shape index (κ1) is 12.6. The van der Waals surface area contributed by atoms with Gasteiger partial charge in [0.15, 0.2) is 0 Å². The topological polar surface area (TPSA) is 77.2 Å². The van der Waals surface area contributed by atoms with Crippen LogP contribution in [0.1, 0.15) is 35.3 Å². The molecule has 5 heteroatoms. The molecule has 3 N–H and O–H groups in total. The van der Waals surface area contributed by atoms with Gasteiger partial charge in [-0.3, -0.25) is 9.78 Å². The molecule has 1 saturated carbocycles. The molecule has 2 fully saturated rings. The number of nitrogens with one attached hydrogen (secondary N) is 1. The summed E-state index contributed by atoms with van der Waals surface area (Å²) in [5.41, 5.74) is 6.88. The van der Waals surface area contributed by atoms with Crippen LogP contribution in [0.4, 0.5) is 0 Å². The van der Waals surface area contributed by atoms with Gasteiger partial charge in [0.05, 0.1) is 12.1 Å². The van der Waals surface area contributed by atoms with E-state index in [9.17, 15) is 4.79 Å². The van der Waals surface area contributed by atoms with Crippen LogP contribution in [0.25, 0.3) is 0 Å². The minimum atomic E-state index is -0.121. The Balaban J connectivity index is 1.63. The van der Waals surface area contributed by atoms with Gasteiger partial charge in [-0.25, -0.2) is 0 Å². The fourth-order valence-electron chi connectivity index (χ4n) is 2.58. The number of hydrogen-bond donors (Lipinski definition) is 2. The van der Waals surface area contributed by atoms with Crippen LogP contribution in [0.15, 0.2) is 18.3 Å². The summed E-state index contributed by atoms with van der Waals surface area (Å²) in [7, 11) is 0. The number of aromatic nitrogens is 1. The van der Waals surface area contributed by atoms with Gasteiger partial charge in [-0.05, 0) is 36.8 Å². The highest BCUT2D eigenvalue weighted by Crippen LogP contribution is 2.38. The number of nitrogens with two attached hydrogens (primary N) is 1. The lowest BCUT2D eigenvalue weighted by Crippen LogP contribution is -2.41. The molecule has 1 amide bonds. The molecule has 1 aromatic rings. The van der Waals surface area contributed by atoms with Crippen LogP contribution in [0, 0.1) is 5.92 Å². The molecule has 5 nitrogen and oxygen atoms in total. The first-order chi connectivity index (χ1) is 9.28. The molecular formula is C14H19N3O2. The third-order valence-corrected chi connectivity index (χ3v) is 3.83. The van der Waals surface area contributed by atoms with Gasteiger partial charge in [0, 0.05) is 19.3 Å². The zero-order chi connectivity index (χ0) is 13.2. The van der Waals surface area contributed by atoms with E-state index in [-0.39, 0.29) is 18.1 Å². The normalized spacial score (nSPS) is 26.4. The van der Waals surface area contributed by atoms with Crippen LogP contribution >= 0.6 is 0 Å². The van der Waals surface area contributed by atoms with Crippen LogP contribution < -0.4 is 11.1 Å². The SMILES string of the molecule is NCc1ccc(C(=O)NC2CCOC2C2CC2)nc1. The molecule has 102 valence electrons. The second-order valence-corrected chi connectivity index (χ2v) is 5.30. The van der Waals surface area contributed by atoms with Crippen LogP contribution in [0.5, 0.6) is 0 Å². The van der Waals surface area contributed by atoms with E-state index < -0.39 is 0 Å². The lowest BCUT2D eigenvalue weighted by molar-refractivity contribution is 0.0727. The van der Waals surface area contributed by atoms with Gasteiger partial charge < -0.3 is 15.8 Å². The molecule has 1 saturated heterocycles. The van der Waals surface area contributed by atoms with E-state index in [1.54, 1.807) is 12.3 Å². The summed E-state index contributed by atoms with van der Waals surface area (Å²) in [6.45, 7) is 1.18. The van der Waals surface area contributed by atoms with Crippen molar-refractivity contribution in [3.8, 4) is 0 Å². The second-order valence-electron chi connectivity index (χ2n) is 5.30. The van der Waals surface area contributed by atoms with Crippen molar-refractivity contribution in [2.24, 2.45) is 11.7 Å². The second kappa shape index (κ2) is 5.27. The van der Waals surface area contributed by atoms with Gasteiger partial charge in [0.25, 0.3) is 5.91 Å². The predicted octanol–water partition coefficient (Wildman–Crippen LogP) is 0.838. The molecule has 1 aliphatic heterocycles. The van der Waals surface area contributed by atoms with E-state index >= 15 is 0 Å². The number of amides is 1. The molecular weight excluding hydrogens is 242 g/mol. The summed E-state index contributed by atoms with van der Waals surface area (Å²) in [6.07, 6.45) is 5.19. The Labute approximate surface area is 112 Å². The van der Waals surface area contributed by atoms with E-state index in [4.69, 9.17) is 10.5 Å². The third kappa shape index (κ3) is 2.77. The summed E-state index contributed by atoms with van der Waals surface area (Å²) in [4.78, 5) is 16.3. The molecule has 2 atom stereocenters. The molecule has 1 aliphatic carbocycles. The monoisotopic (exact) mass is 261 g/mol. The standard InChI is InChI=1S/C14H19N3O2/c15-7-9-1-4-12(16-8-9)14(18)17-11-5-6-19-13(11)10-2-3-10/h1,4,8,10-11,13H,2-3,5-7,15H2,(H,17,18). The van der Waals surface area contributed by atoms with Gasteiger partial charge in [0.2, 0.25) is 0 Å². The van der Waals surface area contributed by atoms with Crippen LogP contribution in [-0.4, -0.2) is 29.6 Å². The van der Waals surface area contributed by atoms with Gasteiger partial charge in [-0.2, -0.15) is 0 Å². The summed E-state index contributed by atoms with van der Waals surface area (Å²) >= 11 is 0. The molecule has 2 unspecified atom stereocenters. The zero-order valence-corrected chi connectivity index (χ0v) is 10.8. The number of carbonyl (C=O) groups is 1. The number of rotatable bonds is 4. The average molecular weight is 261 g/mol. The van der Waals surface area contributed by atoms with Crippen molar-refractivity contribution in [3.05, 3.63) is 29.6 Å². The maximum absolute atomic E-state index is 12.1. The van der Waals surface area contributed by atoms with Crippen molar-refractivity contribution in [3.63, 3.8) is 0 Å². The van der Waals surface area contributed by atoms with Crippen LogP contribution in [0.3, 0.4) is 0 Å². The van der Waals surface area contributed by atoms with Crippen molar-refractivity contribution >= 4 is 5.91 Å². The summed E-state index contributed by atoms with van der Waals surface area (Å²) < 4.78 is 5.71. The highest BCUT2D eigenvalue weighted by molar-refractivity contribution is 5.92. The maximum Gasteiger partial charge on any atom is 0.270 e. The predicted molar refractivity (Wildman–Crippen MR) is 70.5 cm³/mol. The average Bonchev–Trinajstić information content (AvgIpc) is 3.19. The molecule has 2 heterocycles. The van der Waals surface area contributed by atoms with E-state index in [0.29, 0.717) is 18.2 Å². The smallest absolute Gasteiger partial charge is 0.270 e. The zero-order valence-electron chi connectivity index (χ0n) is 10.8. The fourth-order valence-corrected chi connectivity index (χ4v) is 2.58. The van der Waals surface area contributed by atoms with Gasteiger partial charge in [-0.15, -0.1) is 0 Å². The molecule has 0 radical (unpaired) electrons. The van der Waals surface area contributed by atoms with E-state index in [0.717, 1.165) is 18.6 Å². The Hall–Kier alpha value is -1.46. The summed E-state index contributed by atoms with van der Waals surface area (Å²) in [5.74, 6) is 0.519. The van der Waals surface area contributed by atoms with Crippen molar-refractivity contribution in [2.75, 3.05) is 6.61 Å². The lowest BCUT2D eigenvalue weighted by atomic mass is 10.1. The quantitative estimate of drug-likeness (QED) is 0.842. The largest absolute Gasteiger partial charge is 0.376 e. The molecule has 0 bridgehead atoms. The van der Waals surface area contributed by atoms with Crippen molar-refractivity contribution in [1.82, 2.24) is 10.3 Å². The third-order valence-electron chi connectivity index (χ3n) is 3.83. The van der Waals surface area contributed by atoms with Crippen molar-refractivity contribution in [1.29, 1.82) is 0 Å². The Morgan fingerprint density at radius 2 is 2.26 bits per heavy atom. The minimum Gasteiger partial charge on any atom is -0.376 e. The van der Waals surface area contributed by atoms with Crippen molar-refractivity contribution in [2.45, 2.75) is 38.0 Å². The highest BCUT2D eigenvalue weighted by atomic mass is 16.5. The summed E-state index contributed by atoms with van der Waals surface area (Å²) in [6, 6.07) is 3.70. The molecule has 0 spiro atoms. The highest BCUT2D eigenvalue weighted by Gasteiger charge is 2.41. The Morgan fingerprint density at radius 1 is 1.42 bits per heavy atom. The molecule has 2 aliphatic rings. The van der Waals surface area contributed by atoms with E-state index in [2.05, 4.69) is 10.3 Å². The first-order valence-corrected chi connectivity index (χ1v) is 6.85. The number of carbonyl (C=O) groups excluding carboxylic acids is 1. The summed E-state index contributed by atoms with van der Waals surface area (Å²) in [5, 5.41) is 3.05. The Bertz CT molecular complexity index is 456. The fraction of sp³-hybridized carbons (Fsp3) is 0.571. The number of nitrogens with zero attached hydrogens (tertiary/aromatic N) is 1. The minimum absolute atomic E-state index is 0.121. The van der Waals surface area contributed by atoms with Gasteiger partial charge in [-0.1, -0.05) is 6.07 Å². The van der Waals surface area contributed by atoms with E-state index in [1.165, 1.54) is 12.8 Å². The number of hydrogen-bond acceptors (Lipinski definition) is 4. The lowest BCUT2D eigenvalue weighted by Gasteiger charge is -2.19. The first-order valence-electron chi connectivity index (χ1n) is 6.85. The number of ether oxygens (including phenoxy) is 1. The van der Waals surface area contributed by atoms with E-state index in [1.807, 2.05) is 6.07 Å². The van der Waals surface area contributed by atoms with Gasteiger partial charge >= 0.3 is 0 Å². The molecule has 3 rings (SSSR count). The van der Waals surface area contributed by atoms with Crippen LogP contribution in [0.2, 0.25) is 0 Å². The maximum atomic E-state index is 12.1. The Morgan fingerprint density at radius 3 is 2.89 bits per heavy atom.